The van der Waals surface area contributed by atoms with Gasteiger partial charge < -0.3 is 16.0 Å². The van der Waals surface area contributed by atoms with Gasteiger partial charge in [-0.05, 0) is 59.1 Å². The van der Waals surface area contributed by atoms with E-state index in [-0.39, 0.29) is 6.04 Å². The molecule has 0 spiro atoms. The molecule has 0 saturated carbocycles. The number of piperidine rings is 1. The van der Waals surface area contributed by atoms with Gasteiger partial charge in [0.1, 0.15) is 0 Å². The molecule has 23 heavy (non-hydrogen) atoms. The maximum atomic E-state index is 12.8. The van der Waals surface area contributed by atoms with Gasteiger partial charge in [0.25, 0.3) is 0 Å². The van der Waals surface area contributed by atoms with E-state index >= 15 is 0 Å². The Balaban J connectivity index is 2.24. The molecule has 1 aromatic rings. The number of benzene rings is 1. The van der Waals surface area contributed by atoms with E-state index in [9.17, 15) is 9.59 Å². The van der Waals surface area contributed by atoms with Crippen LogP contribution in [0.2, 0.25) is 0 Å². The molecule has 5 heteroatoms. The van der Waals surface area contributed by atoms with Crippen molar-refractivity contribution in [3.05, 3.63) is 29.8 Å². The molecule has 0 aromatic heterocycles. The summed E-state index contributed by atoms with van der Waals surface area (Å²) in [6.45, 7) is 9.76. The van der Waals surface area contributed by atoms with Gasteiger partial charge in [0, 0.05) is 22.8 Å². The van der Waals surface area contributed by atoms with Crippen LogP contribution in [0, 0.1) is 6.92 Å². The van der Waals surface area contributed by atoms with Gasteiger partial charge in [-0.15, -0.1) is 0 Å². The largest absolute Gasteiger partial charge is 0.328 e. The smallest absolute Gasteiger partial charge is 0.313 e. The van der Waals surface area contributed by atoms with Gasteiger partial charge in [-0.2, -0.15) is 0 Å². The summed E-state index contributed by atoms with van der Waals surface area (Å²) in [7, 11) is 0. The number of para-hydroxylation sites is 1. The summed E-state index contributed by atoms with van der Waals surface area (Å²) in [5.74, 6) is -1.11. The SMILES string of the molecule is Cc1ccccc1NC(=O)C(=O)N1C(C)(C)CC(N)CC1(C)C. The third kappa shape index (κ3) is 3.55. The van der Waals surface area contributed by atoms with E-state index in [2.05, 4.69) is 5.32 Å². The van der Waals surface area contributed by atoms with Crippen molar-refractivity contribution in [3.63, 3.8) is 0 Å². The Morgan fingerprint density at radius 3 is 2.17 bits per heavy atom. The Morgan fingerprint density at radius 1 is 1.13 bits per heavy atom. The fourth-order valence-corrected chi connectivity index (χ4v) is 3.90. The molecule has 1 heterocycles. The Kier molecular flexibility index (Phi) is 4.53. The number of anilines is 1. The number of likely N-dealkylation sites (tertiary alicyclic amines) is 1. The molecule has 1 aliphatic rings. The zero-order chi connectivity index (χ0) is 17.4. The van der Waals surface area contributed by atoms with Gasteiger partial charge in [0.05, 0.1) is 0 Å². The molecule has 5 nitrogen and oxygen atoms in total. The van der Waals surface area contributed by atoms with Crippen molar-refractivity contribution in [2.45, 2.75) is 64.6 Å². The number of carbonyl (C=O) groups is 2. The monoisotopic (exact) mass is 317 g/mol. The molecule has 0 unspecified atom stereocenters. The second-order valence-corrected chi connectivity index (χ2v) is 7.70. The zero-order valence-corrected chi connectivity index (χ0v) is 14.6. The average Bonchev–Trinajstić information content (AvgIpc) is 2.37. The fourth-order valence-electron chi connectivity index (χ4n) is 3.90. The van der Waals surface area contributed by atoms with E-state index in [1.165, 1.54) is 0 Å². The van der Waals surface area contributed by atoms with Crippen molar-refractivity contribution >= 4 is 17.5 Å². The minimum absolute atomic E-state index is 0.0310. The summed E-state index contributed by atoms with van der Waals surface area (Å²) < 4.78 is 0. The number of rotatable bonds is 1. The molecular formula is C18H27N3O2. The van der Waals surface area contributed by atoms with E-state index in [0.717, 1.165) is 5.56 Å². The van der Waals surface area contributed by atoms with Crippen LogP contribution in [0.4, 0.5) is 5.69 Å². The number of nitrogens with two attached hydrogens (primary N) is 1. The predicted octanol–water partition coefficient (Wildman–Crippen LogP) is 2.44. The lowest BCUT2D eigenvalue weighted by Gasteiger charge is -2.54. The molecule has 1 saturated heterocycles. The van der Waals surface area contributed by atoms with Crippen LogP contribution in [0.5, 0.6) is 0 Å². The highest BCUT2D eigenvalue weighted by molar-refractivity contribution is 6.40. The molecule has 126 valence electrons. The number of carbonyl (C=O) groups excluding carboxylic acids is 2. The summed E-state index contributed by atoms with van der Waals surface area (Å²) in [5, 5.41) is 2.73. The maximum Gasteiger partial charge on any atom is 0.313 e. The van der Waals surface area contributed by atoms with Crippen LogP contribution >= 0.6 is 0 Å². The van der Waals surface area contributed by atoms with Crippen molar-refractivity contribution in [1.29, 1.82) is 0 Å². The first kappa shape index (κ1) is 17.5. The Morgan fingerprint density at radius 2 is 1.65 bits per heavy atom. The highest BCUT2D eigenvalue weighted by atomic mass is 16.2. The number of amides is 2. The molecule has 0 bridgehead atoms. The Bertz CT molecular complexity index is 604. The lowest BCUT2D eigenvalue weighted by atomic mass is 9.77. The normalized spacial score (nSPS) is 20.2. The summed E-state index contributed by atoms with van der Waals surface area (Å²) >= 11 is 0. The standard InChI is InChI=1S/C18H27N3O2/c1-12-8-6-7-9-14(12)20-15(22)16(23)21-17(2,3)10-13(19)11-18(21,4)5/h6-9,13H,10-11,19H2,1-5H3,(H,20,22). The topological polar surface area (TPSA) is 75.4 Å². The molecule has 0 radical (unpaired) electrons. The summed E-state index contributed by atoms with van der Waals surface area (Å²) in [4.78, 5) is 27.0. The Hall–Kier alpha value is -1.88. The third-order valence-electron chi connectivity index (χ3n) is 4.52. The molecule has 1 fully saturated rings. The Labute approximate surface area is 138 Å². The van der Waals surface area contributed by atoms with E-state index in [0.29, 0.717) is 18.5 Å². The first-order chi connectivity index (χ1) is 10.5. The lowest BCUT2D eigenvalue weighted by Crippen LogP contribution is -2.66. The molecular weight excluding hydrogens is 290 g/mol. The molecule has 0 aliphatic carbocycles. The van der Waals surface area contributed by atoms with Crippen LogP contribution in [0.3, 0.4) is 0 Å². The number of nitrogens with one attached hydrogen (secondary N) is 1. The zero-order valence-electron chi connectivity index (χ0n) is 14.6. The van der Waals surface area contributed by atoms with Crippen LogP contribution in [0.15, 0.2) is 24.3 Å². The molecule has 2 amide bonds. The first-order valence-electron chi connectivity index (χ1n) is 8.01. The van der Waals surface area contributed by atoms with Crippen molar-refractivity contribution < 1.29 is 9.59 Å². The van der Waals surface area contributed by atoms with Gasteiger partial charge in [0.2, 0.25) is 0 Å². The quantitative estimate of drug-likeness (QED) is 0.781. The van der Waals surface area contributed by atoms with Crippen LogP contribution in [-0.2, 0) is 9.59 Å². The number of hydrogen-bond acceptors (Lipinski definition) is 3. The van der Waals surface area contributed by atoms with Gasteiger partial charge in [-0.3, -0.25) is 9.59 Å². The van der Waals surface area contributed by atoms with Crippen LogP contribution in [0.25, 0.3) is 0 Å². The van der Waals surface area contributed by atoms with E-state index in [1.807, 2.05) is 52.8 Å². The summed E-state index contributed by atoms with van der Waals surface area (Å²) in [6.07, 6.45) is 1.36. The van der Waals surface area contributed by atoms with E-state index < -0.39 is 22.9 Å². The lowest BCUT2D eigenvalue weighted by molar-refractivity contribution is -0.156. The molecule has 3 N–H and O–H groups in total. The predicted molar refractivity (Wildman–Crippen MR) is 92.0 cm³/mol. The van der Waals surface area contributed by atoms with Crippen molar-refractivity contribution in [2.24, 2.45) is 5.73 Å². The number of aryl methyl sites for hydroxylation is 1. The third-order valence-corrected chi connectivity index (χ3v) is 4.52. The average molecular weight is 317 g/mol. The second kappa shape index (κ2) is 5.96. The minimum Gasteiger partial charge on any atom is -0.328 e. The molecule has 2 rings (SSSR count). The maximum absolute atomic E-state index is 12.8. The fraction of sp³-hybridized carbons (Fsp3) is 0.556. The van der Waals surface area contributed by atoms with Crippen molar-refractivity contribution in [1.82, 2.24) is 4.90 Å². The van der Waals surface area contributed by atoms with Crippen LogP contribution in [-0.4, -0.2) is 33.8 Å². The van der Waals surface area contributed by atoms with Gasteiger partial charge in [0.15, 0.2) is 0 Å². The highest BCUT2D eigenvalue weighted by Gasteiger charge is 2.48. The number of nitrogens with zero attached hydrogens (tertiary/aromatic N) is 1. The van der Waals surface area contributed by atoms with Crippen LogP contribution < -0.4 is 11.1 Å². The van der Waals surface area contributed by atoms with E-state index in [1.54, 1.807) is 11.0 Å². The first-order valence-corrected chi connectivity index (χ1v) is 8.01. The number of hydrogen-bond donors (Lipinski definition) is 2. The molecule has 0 atom stereocenters. The summed E-state index contributed by atoms with van der Waals surface area (Å²) in [5.41, 5.74) is 6.80. The summed E-state index contributed by atoms with van der Waals surface area (Å²) in [6, 6.07) is 7.45. The van der Waals surface area contributed by atoms with Crippen molar-refractivity contribution in [2.75, 3.05) is 5.32 Å². The van der Waals surface area contributed by atoms with Crippen LogP contribution in [0.1, 0.15) is 46.1 Å². The molecule has 1 aliphatic heterocycles. The highest BCUT2D eigenvalue weighted by Crippen LogP contribution is 2.37. The second-order valence-electron chi connectivity index (χ2n) is 7.70. The van der Waals surface area contributed by atoms with E-state index in [4.69, 9.17) is 5.73 Å². The molecule has 1 aromatic carbocycles. The van der Waals surface area contributed by atoms with Gasteiger partial charge in [-0.1, -0.05) is 18.2 Å². The van der Waals surface area contributed by atoms with Crippen molar-refractivity contribution in [3.8, 4) is 0 Å². The van der Waals surface area contributed by atoms with Gasteiger partial charge >= 0.3 is 11.8 Å². The van der Waals surface area contributed by atoms with Gasteiger partial charge in [-0.25, -0.2) is 0 Å². The minimum atomic E-state index is -0.601.